The molecule has 1 N–H and O–H groups in total. The fourth-order valence-corrected chi connectivity index (χ4v) is 4.18. The van der Waals surface area contributed by atoms with Gasteiger partial charge in [-0.25, -0.2) is 0 Å². The van der Waals surface area contributed by atoms with Crippen LogP contribution >= 0.6 is 27.3 Å². The van der Waals surface area contributed by atoms with Crippen LogP contribution in [0.15, 0.2) is 9.85 Å². The van der Waals surface area contributed by atoms with E-state index in [0.29, 0.717) is 0 Å². The summed E-state index contributed by atoms with van der Waals surface area (Å²) in [5, 5.41) is 3.12. The van der Waals surface area contributed by atoms with Crippen LogP contribution < -0.4 is 5.32 Å². The second-order valence-corrected chi connectivity index (χ2v) is 6.86. The third kappa shape index (κ3) is 1.81. The zero-order valence-electron chi connectivity index (χ0n) is 8.83. The van der Waals surface area contributed by atoms with Gasteiger partial charge in [0.05, 0.1) is 15.5 Å². The largest absolute Gasteiger partial charge is 0.336 e. The average molecular weight is 301 g/mol. The fourth-order valence-electron chi connectivity index (χ4n) is 2.46. The summed E-state index contributed by atoms with van der Waals surface area (Å²) < 4.78 is 1.04. The lowest BCUT2D eigenvalue weighted by Gasteiger charge is -2.33. The van der Waals surface area contributed by atoms with E-state index in [9.17, 15) is 4.79 Å². The van der Waals surface area contributed by atoms with Gasteiger partial charge in [-0.3, -0.25) is 9.69 Å². The zero-order chi connectivity index (χ0) is 11.1. The molecule has 1 aromatic rings. The van der Waals surface area contributed by atoms with Crippen LogP contribution in [0.25, 0.3) is 0 Å². The second-order valence-electron chi connectivity index (χ2n) is 4.34. The highest BCUT2D eigenvalue weighted by Gasteiger charge is 2.30. The van der Waals surface area contributed by atoms with E-state index in [2.05, 4.69) is 26.1 Å². The minimum Gasteiger partial charge on any atom is -0.336 e. The Hall–Kier alpha value is -0.390. The third-order valence-corrected chi connectivity index (χ3v) is 4.90. The lowest BCUT2D eigenvalue weighted by atomic mass is 10.1. The monoisotopic (exact) mass is 300 g/mol. The molecule has 3 heterocycles. The maximum atomic E-state index is 12.0. The molecule has 0 bridgehead atoms. The first-order valence-corrected chi connectivity index (χ1v) is 7.18. The molecule has 1 amide bonds. The number of fused-ring (bicyclic) bond motifs is 2. The standard InChI is InChI=1S/C11H13BrN2OS/c12-9-5-7-8(16-9)6-14-4-2-1-3-10(14)13-11(7)15/h5,10H,1-4,6H2,(H,13,15)/t10-/m1/s1. The predicted molar refractivity (Wildman–Crippen MR) is 67.5 cm³/mol. The van der Waals surface area contributed by atoms with E-state index in [4.69, 9.17) is 0 Å². The summed E-state index contributed by atoms with van der Waals surface area (Å²) in [7, 11) is 0. The SMILES string of the molecule is O=C1N[C@H]2CCCCN2Cc2sc(Br)cc21. The molecule has 1 saturated heterocycles. The van der Waals surface area contributed by atoms with Crippen molar-refractivity contribution in [3.63, 3.8) is 0 Å². The molecule has 1 aromatic heterocycles. The predicted octanol–water partition coefficient (Wildman–Crippen LogP) is 2.57. The number of amides is 1. The summed E-state index contributed by atoms with van der Waals surface area (Å²) in [6.07, 6.45) is 3.80. The van der Waals surface area contributed by atoms with Gasteiger partial charge in [-0.15, -0.1) is 11.3 Å². The van der Waals surface area contributed by atoms with Crippen molar-refractivity contribution in [3.8, 4) is 0 Å². The van der Waals surface area contributed by atoms with E-state index >= 15 is 0 Å². The first-order chi connectivity index (χ1) is 7.74. The Bertz CT molecular complexity index is 432. The molecule has 16 heavy (non-hydrogen) atoms. The van der Waals surface area contributed by atoms with Gasteiger partial charge in [-0.1, -0.05) is 0 Å². The van der Waals surface area contributed by atoms with Crippen LogP contribution in [0.1, 0.15) is 34.5 Å². The van der Waals surface area contributed by atoms with Crippen molar-refractivity contribution in [3.05, 3.63) is 20.3 Å². The minimum absolute atomic E-state index is 0.0892. The van der Waals surface area contributed by atoms with Crippen molar-refractivity contribution < 1.29 is 4.79 Å². The molecule has 0 saturated carbocycles. The molecule has 0 spiro atoms. The summed E-state index contributed by atoms with van der Waals surface area (Å²) in [5.41, 5.74) is 0.853. The summed E-state index contributed by atoms with van der Waals surface area (Å²) >= 11 is 5.13. The number of nitrogens with zero attached hydrogens (tertiary/aromatic N) is 1. The highest BCUT2D eigenvalue weighted by molar-refractivity contribution is 9.11. The quantitative estimate of drug-likeness (QED) is 0.799. The van der Waals surface area contributed by atoms with Gasteiger partial charge in [0, 0.05) is 18.0 Å². The third-order valence-electron chi connectivity index (χ3n) is 3.28. The number of thiophene rings is 1. The van der Waals surface area contributed by atoms with Crippen LogP contribution in [0.5, 0.6) is 0 Å². The Balaban J connectivity index is 1.95. The second kappa shape index (κ2) is 4.13. The van der Waals surface area contributed by atoms with Crippen molar-refractivity contribution in [1.29, 1.82) is 0 Å². The van der Waals surface area contributed by atoms with E-state index < -0.39 is 0 Å². The van der Waals surface area contributed by atoms with Crippen molar-refractivity contribution in [1.82, 2.24) is 10.2 Å². The number of nitrogens with one attached hydrogen (secondary N) is 1. The minimum atomic E-state index is 0.0892. The Morgan fingerprint density at radius 1 is 1.50 bits per heavy atom. The Labute approximate surface area is 107 Å². The molecule has 0 unspecified atom stereocenters. The molecule has 2 aliphatic rings. The van der Waals surface area contributed by atoms with E-state index in [1.165, 1.54) is 17.7 Å². The molecule has 86 valence electrons. The van der Waals surface area contributed by atoms with Gasteiger partial charge in [-0.05, 0) is 41.3 Å². The number of piperidine rings is 1. The number of rotatable bonds is 0. The molecule has 5 heteroatoms. The average Bonchev–Trinajstić information content (AvgIpc) is 2.57. The summed E-state index contributed by atoms with van der Waals surface area (Å²) in [6.45, 7) is 2.01. The fraction of sp³-hybridized carbons (Fsp3) is 0.545. The van der Waals surface area contributed by atoms with Gasteiger partial charge < -0.3 is 5.32 Å². The van der Waals surface area contributed by atoms with Crippen molar-refractivity contribution in [2.24, 2.45) is 0 Å². The van der Waals surface area contributed by atoms with Crippen LogP contribution in [0.4, 0.5) is 0 Å². The number of carbonyl (C=O) groups is 1. The highest BCUT2D eigenvalue weighted by Crippen LogP contribution is 2.32. The number of hydrogen-bond acceptors (Lipinski definition) is 3. The topological polar surface area (TPSA) is 32.3 Å². The Kier molecular flexibility index (Phi) is 2.77. The number of hydrogen-bond donors (Lipinski definition) is 1. The maximum absolute atomic E-state index is 12.0. The molecular weight excluding hydrogens is 288 g/mol. The lowest BCUT2D eigenvalue weighted by molar-refractivity contribution is 0.0796. The van der Waals surface area contributed by atoms with E-state index in [0.717, 1.165) is 28.9 Å². The zero-order valence-corrected chi connectivity index (χ0v) is 11.2. The summed E-state index contributed by atoms with van der Waals surface area (Å²) in [5.74, 6) is 0.0892. The normalized spacial score (nSPS) is 25.6. The molecule has 2 aliphatic heterocycles. The van der Waals surface area contributed by atoms with Crippen molar-refractivity contribution >= 4 is 33.2 Å². The van der Waals surface area contributed by atoms with Crippen molar-refractivity contribution in [2.75, 3.05) is 6.54 Å². The number of carbonyl (C=O) groups excluding carboxylic acids is 1. The van der Waals surface area contributed by atoms with Crippen LogP contribution in [-0.2, 0) is 6.54 Å². The van der Waals surface area contributed by atoms with Gasteiger partial charge >= 0.3 is 0 Å². The van der Waals surface area contributed by atoms with Gasteiger partial charge in [0.15, 0.2) is 0 Å². The Morgan fingerprint density at radius 3 is 3.25 bits per heavy atom. The lowest BCUT2D eigenvalue weighted by Crippen LogP contribution is -2.48. The molecule has 3 rings (SSSR count). The first-order valence-electron chi connectivity index (χ1n) is 5.57. The van der Waals surface area contributed by atoms with Crippen LogP contribution in [0.3, 0.4) is 0 Å². The van der Waals surface area contributed by atoms with Gasteiger partial charge in [-0.2, -0.15) is 0 Å². The molecule has 0 aromatic carbocycles. The molecular formula is C11H13BrN2OS. The van der Waals surface area contributed by atoms with E-state index in [-0.39, 0.29) is 12.1 Å². The summed E-state index contributed by atoms with van der Waals surface area (Å²) in [4.78, 5) is 15.6. The molecule has 0 aliphatic carbocycles. The van der Waals surface area contributed by atoms with Gasteiger partial charge in [0.1, 0.15) is 0 Å². The molecule has 1 atom stereocenters. The molecule has 1 fully saturated rings. The van der Waals surface area contributed by atoms with Crippen molar-refractivity contribution in [2.45, 2.75) is 32.0 Å². The van der Waals surface area contributed by atoms with Crippen LogP contribution in [-0.4, -0.2) is 23.5 Å². The first kappa shape index (κ1) is 10.7. The summed E-state index contributed by atoms with van der Waals surface area (Å²) in [6, 6.07) is 1.94. The number of halogens is 1. The van der Waals surface area contributed by atoms with Gasteiger partial charge in [0.25, 0.3) is 5.91 Å². The van der Waals surface area contributed by atoms with Crippen LogP contribution in [0, 0.1) is 0 Å². The van der Waals surface area contributed by atoms with E-state index in [1.807, 2.05) is 6.07 Å². The smallest absolute Gasteiger partial charge is 0.253 e. The molecule has 0 radical (unpaired) electrons. The van der Waals surface area contributed by atoms with Crippen LogP contribution in [0.2, 0.25) is 0 Å². The Morgan fingerprint density at radius 2 is 2.38 bits per heavy atom. The maximum Gasteiger partial charge on any atom is 0.253 e. The molecule has 3 nitrogen and oxygen atoms in total. The highest BCUT2D eigenvalue weighted by atomic mass is 79.9. The van der Waals surface area contributed by atoms with E-state index in [1.54, 1.807) is 11.3 Å². The van der Waals surface area contributed by atoms with Gasteiger partial charge in [0.2, 0.25) is 0 Å².